The molecule has 0 spiro atoms. The Hall–Kier alpha value is -1.53. The molecule has 140 valence electrons. The zero-order chi connectivity index (χ0) is 18.4. The van der Waals surface area contributed by atoms with E-state index in [1.807, 2.05) is 40.7 Å². The Balaban J connectivity index is 1.73. The summed E-state index contributed by atoms with van der Waals surface area (Å²) in [5.74, 6) is 0.483. The highest BCUT2D eigenvalue weighted by atomic mass is 32.2. The van der Waals surface area contributed by atoms with Crippen LogP contribution in [-0.2, 0) is 33.3 Å². The molecule has 0 radical (unpaired) electrons. The van der Waals surface area contributed by atoms with Crippen molar-refractivity contribution in [3.8, 4) is 0 Å². The maximum absolute atomic E-state index is 12.6. The van der Waals surface area contributed by atoms with E-state index in [1.165, 1.54) is 0 Å². The van der Waals surface area contributed by atoms with Gasteiger partial charge in [-0.25, -0.2) is 4.21 Å². The van der Waals surface area contributed by atoms with Gasteiger partial charge in [0.15, 0.2) is 0 Å². The van der Waals surface area contributed by atoms with Gasteiger partial charge in [0, 0.05) is 6.54 Å². The Bertz CT molecular complexity index is 693. The molecule has 1 aliphatic heterocycles. The van der Waals surface area contributed by atoms with Gasteiger partial charge in [0.05, 0.1) is 25.4 Å². The largest absolute Gasteiger partial charge is 0.369 e. The van der Waals surface area contributed by atoms with Crippen LogP contribution >= 0.6 is 0 Å². The third-order valence-corrected chi connectivity index (χ3v) is 5.65. The van der Waals surface area contributed by atoms with Gasteiger partial charge in [0.2, 0.25) is 11.3 Å². The van der Waals surface area contributed by atoms with Crippen molar-refractivity contribution in [1.82, 2.24) is 4.31 Å². The smallest absolute Gasteiger partial charge is 0.237 e. The lowest BCUT2D eigenvalue weighted by atomic mass is 9.98. The van der Waals surface area contributed by atoms with Gasteiger partial charge in [-0.15, -0.1) is 0 Å². The summed E-state index contributed by atoms with van der Waals surface area (Å²) in [7, 11) is 0. The highest BCUT2D eigenvalue weighted by Gasteiger charge is 2.38. The molecule has 1 fully saturated rings. The van der Waals surface area contributed by atoms with Crippen molar-refractivity contribution in [3.05, 3.63) is 71.8 Å². The van der Waals surface area contributed by atoms with Gasteiger partial charge in [-0.05, 0) is 23.5 Å². The lowest BCUT2D eigenvalue weighted by molar-refractivity contribution is -0.0513. The number of benzene rings is 2. The molecule has 26 heavy (non-hydrogen) atoms. The molecule has 0 bridgehead atoms. The summed E-state index contributed by atoms with van der Waals surface area (Å²) in [6.07, 6.45) is 0.820. The average Bonchev–Trinajstić information content (AvgIpc) is 2.65. The van der Waals surface area contributed by atoms with Crippen LogP contribution in [0.15, 0.2) is 60.7 Å². The van der Waals surface area contributed by atoms with Crippen molar-refractivity contribution >= 4 is 11.3 Å². The van der Waals surface area contributed by atoms with Crippen LogP contribution in [0, 0.1) is 5.92 Å². The van der Waals surface area contributed by atoms with Gasteiger partial charge in [-0.1, -0.05) is 74.5 Å². The molecule has 5 heteroatoms. The van der Waals surface area contributed by atoms with Crippen LogP contribution in [0.1, 0.15) is 31.4 Å². The molecule has 3 rings (SSSR count). The van der Waals surface area contributed by atoms with Gasteiger partial charge in [0.1, 0.15) is 0 Å². The molecule has 1 heterocycles. The van der Waals surface area contributed by atoms with E-state index in [-0.39, 0.29) is 12.1 Å². The normalized spacial score (nSPS) is 24.0. The molecule has 1 saturated heterocycles. The summed E-state index contributed by atoms with van der Waals surface area (Å²) < 4.78 is 26.3. The van der Waals surface area contributed by atoms with E-state index in [2.05, 4.69) is 38.1 Å². The first kappa shape index (κ1) is 19.2. The molecular weight excluding hydrogens is 346 g/mol. The van der Waals surface area contributed by atoms with Crippen LogP contribution in [0.5, 0.6) is 0 Å². The number of nitrogens with zero attached hydrogens (tertiary/aromatic N) is 1. The van der Waals surface area contributed by atoms with Crippen molar-refractivity contribution in [2.45, 2.75) is 45.6 Å². The molecule has 0 amide bonds. The van der Waals surface area contributed by atoms with Crippen LogP contribution in [0.4, 0.5) is 0 Å². The van der Waals surface area contributed by atoms with Gasteiger partial charge in [-0.2, -0.15) is 4.31 Å². The van der Waals surface area contributed by atoms with E-state index in [1.54, 1.807) is 0 Å². The first-order valence-electron chi connectivity index (χ1n) is 9.14. The fourth-order valence-corrected chi connectivity index (χ4v) is 4.31. The number of hydrogen-bond acceptors (Lipinski definition) is 3. The second-order valence-corrected chi connectivity index (χ2v) is 8.23. The number of hydrogen-bond donors (Lipinski definition) is 0. The Labute approximate surface area is 158 Å². The first-order valence-corrected chi connectivity index (χ1v) is 10.2. The van der Waals surface area contributed by atoms with E-state index in [0.717, 1.165) is 17.5 Å². The Kier molecular flexibility index (Phi) is 6.97. The standard InChI is InChI=1S/C21H27NO3S/c1-17(2)13-20-21(24-15-19-11-7-4-8-12-19)16-25-26(23)22(20)14-18-9-5-3-6-10-18/h3-12,17,20-21H,13-16H2,1-2H3/t20?,21-,26?/m0/s1. The van der Waals surface area contributed by atoms with Crippen molar-refractivity contribution < 1.29 is 13.1 Å². The summed E-state index contributed by atoms with van der Waals surface area (Å²) in [5, 5.41) is 0. The van der Waals surface area contributed by atoms with Gasteiger partial charge in [0.25, 0.3) is 0 Å². The summed E-state index contributed by atoms with van der Waals surface area (Å²) in [5.41, 5.74) is 2.26. The molecule has 3 atom stereocenters. The van der Waals surface area contributed by atoms with Crippen molar-refractivity contribution in [2.24, 2.45) is 5.92 Å². The van der Waals surface area contributed by atoms with Crippen LogP contribution in [0.3, 0.4) is 0 Å². The molecule has 0 saturated carbocycles. The number of rotatable bonds is 7. The summed E-state index contributed by atoms with van der Waals surface area (Å²) >= 11 is -1.44. The summed E-state index contributed by atoms with van der Waals surface area (Å²) in [6.45, 7) is 5.87. The van der Waals surface area contributed by atoms with Crippen molar-refractivity contribution in [2.75, 3.05) is 6.61 Å². The fourth-order valence-electron chi connectivity index (χ4n) is 3.22. The molecule has 2 aromatic rings. The van der Waals surface area contributed by atoms with Crippen LogP contribution in [0.2, 0.25) is 0 Å². The maximum Gasteiger partial charge on any atom is 0.237 e. The molecule has 2 unspecified atom stereocenters. The molecule has 2 aromatic carbocycles. The van der Waals surface area contributed by atoms with Gasteiger partial charge in [-0.3, -0.25) is 4.18 Å². The monoisotopic (exact) mass is 373 g/mol. The van der Waals surface area contributed by atoms with E-state index in [4.69, 9.17) is 8.92 Å². The topological polar surface area (TPSA) is 38.8 Å². The van der Waals surface area contributed by atoms with Crippen LogP contribution < -0.4 is 0 Å². The van der Waals surface area contributed by atoms with Crippen molar-refractivity contribution in [3.63, 3.8) is 0 Å². The fraction of sp³-hybridized carbons (Fsp3) is 0.429. The zero-order valence-electron chi connectivity index (χ0n) is 15.4. The Morgan fingerprint density at radius 2 is 1.69 bits per heavy atom. The lowest BCUT2D eigenvalue weighted by Crippen LogP contribution is -2.52. The van der Waals surface area contributed by atoms with E-state index < -0.39 is 11.3 Å². The maximum atomic E-state index is 12.6. The third kappa shape index (κ3) is 5.24. The van der Waals surface area contributed by atoms with Crippen LogP contribution in [0.25, 0.3) is 0 Å². The second kappa shape index (κ2) is 9.42. The molecule has 1 aliphatic rings. The molecule has 0 N–H and O–H groups in total. The Morgan fingerprint density at radius 1 is 1.08 bits per heavy atom. The van der Waals surface area contributed by atoms with Gasteiger partial charge >= 0.3 is 0 Å². The molecule has 0 aliphatic carbocycles. The lowest BCUT2D eigenvalue weighted by Gasteiger charge is -2.40. The van der Waals surface area contributed by atoms with E-state index in [0.29, 0.717) is 25.7 Å². The average molecular weight is 374 g/mol. The molecule has 4 nitrogen and oxygen atoms in total. The summed E-state index contributed by atoms with van der Waals surface area (Å²) in [4.78, 5) is 0. The first-order chi connectivity index (χ1) is 12.6. The minimum absolute atomic E-state index is 0.0634. The predicted molar refractivity (Wildman–Crippen MR) is 104 cm³/mol. The zero-order valence-corrected chi connectivity index (χ0v) is 16.2. The minimum atomic E-state index is -1.44. The molecular formula is C21H27NO3S. The van der Waals surface area contributed by atoms with Crippen molar-refractivity contribution in [1.29, 1.82) is 0 Å². The van der Waals surface area contributed by atoms with E-state index >= 15 is 0 Å². The van der Waals surface area contributed by atoms with E-state index in [9.17, 15) is 4.21 Å². The highest BCUT2D eigenvalue weighted by molar-refractivity contribution is 7.77. The van der Waals surface area contributed by atoms with Crippen LogP contribution in [-0.4, -0.2) is 27.3 Å². The molecule has 0 aromatic heterocycles. The third-order valence-electron chi connectivity index (χ3n) is 4.52. The number of ether oxygens (including phenoxy) is 1. The SMILES string of the molecule is CC(C)CC1[C@@H](OCc2ccccc2)COS(=O)N1Cc1ccccc1. The quantitative estimate of drug-likeness (QED) is 0.733. The van der Waals surface area contributed by atoms with Gasteiger partial charge < -0.3 is 4.74 Å². The summed E-state index contributed by atoms with van der Waals surface area (Å²) in [6, 6.07) is 20.3. The Morgan fingerprint density at radius 3 is 2.31 bits per heavy atom. The second-order valence-electron chi connectivity index (χ2n) is 7.09. The predicted octanol–water partition coefficient (Wildman–Crippen LogP) is 4.10. The highest BCUT2D eigenvalue weighted by Crippen LogP contribution is 2.27. The minimum Gasteiger partial charge on any atom is -0.369 e.